The molecule has 134 valence electrons. The van der Waals surface area contributed by atoms with Crippen LogP contribution in [0.2, 0.25) is 0 Å². The quantitative estimate of drug-likeness (QED) is 0.650. The Bertz CT molecular complexity index is 540. The highest BCUT2D eigenvalue weighted by atomic mass is 16.5. The van der Waals surface area contributed by atoms with E-state index in [9.17, 15) is 5.11 Å². The van der Waals surface area contributed by atoms with Gasteiger partial charge in [0, 0.05) is 51.9 Å². The Morgan fingerprint density at radius 1 is 1.33 bits per heavy atom. The first kappa shape index (κ1) is 17.4. The van der Waals surface area contributed by atoms with Crippen molar-refractivity contribution in [2.45, 2.75) is 25.7 Å². The number of fused-ring (bicyclic) bond motifs is 1. The lowest BCUT2D eigenvalue weighted by Gasteiger charge is -2.34. The first-order chi connectivity index (χ1) is 11.8. The lowest BCUT2D eigenvalue weighted by Crippen LogP contribution is -2.38. The molecule has 3 N–H and O–H groups in total. The second-order valence-electron chi connectivity index (χ2n) is 6.60. The molecule has 0 bridgehead atoms. The maximum Gasteiger partial charge on any atom is 0.224 e. The molecule has 0 radical (unpaired) electrons. The van der Waals surface area contributed by atoms with Crippen LogP contribution in [-0.2, 0) is 17.6 Å². The van der Waals surface area contributed by atoms with Crippen molar-refractivity contribution < 1.29 is 9.84 Å². The first-order valence-electron chi connectivity index (χ1n) is 9.01. The zero-order chi connectivity index (χ0) is 16.8. The van der Waals surface area contributed by atoms with Crippen LogP contribution in [0.4, 0.5) is 11.8 Å². The minimum Gasteiger partial charge on any atom is -0.396 e. The fourth-order valence-electron chi connectivity index (χ4n) is 3.54. The number of aromatic nitrogens is 2. The predicted molar refractivity (Wildman–Crippen MR) is 94.7 cm³/mol. The highest BCUT2D eigenvalue weighted by Gasteiger charge is 2.25. The van der Waals surface area contributed by atoms with E-state index >= 15 is 0 Å². The van der Waals surface area contributed by atoms with Crippen molar-refractivity contribution in [2.24, 2.45) is 5.92 Å². The molecule has 7 heteroatoms. The molecule has 24 heavy (non-hydrogen) atoms. The van der Waals surface area contributed by atoms with Crippen LogP contribution in [0, 0.1) is 5.92 Å². The number of ether oxygens (including phenoxy) is 1. The van der Waals surface area contributed by atoms with Gasteiger partial charge in [0.05, 0.1) is 12.3 Å². The van der Waals surface area contributed by atoms with Crippen molar-refractivity contribution in [3.63, 3.8) is 0 Å². The van der Waals surface area contributed by atoms with Gasteiger partial charge in [0.25, 0.3) is 0 Å². The molecule has 0 amide bonds. The molecule has 1 fully saturated rings. The van der Waals surface area contributed by atoms with E-state index in [0.29, 0.717) is 25.0 Å². The number of hydrogen-bond donors (Lipinski definition) is 3. The summed E-state index contributed by atoms with van der Waals surface area (Å²) in [5, 5.41) is 16.3. The van der Waals surface area contributed by atoms with Crippen LogP contribution in [0.1, 0.15) is 24.1 Å². The Morgan fingerprint density at radius 3 is 3.04 bits per heavy atom. The van der Waals surface area contributed by atoms with Gasteiger partial charge in [0.1, 0.15) is 5.82 Å². The van der Waals surface area contributed by atoms with Gasteiger partial charge < -0.3 is 25.4 Å². The van der Waals surface area contributed by atoms with Crippen molar-refractivity contribution >= 4 is 11.8 Å². The molecule has 2 aliphatic heterocycles. The van der Waals surface area contributed by atoms with Gasteiger partial charge in [-0.15, -0.1) is 0 Å². The van der Waals surface area contributed by atoms with Crippen molar-refractivity contribution in [2.75, 3.05) is 63.3 Å². The Balaban J connectivity index is 1.87. The number of anilines is 2. The molecule has 7 nitrogen and oxygen atoms in total. The van der Waals surface area contributed by atoms with E-state index in [4.69, 9.17) is 14.7 Å². The zero-order valence-electron chi connectivity index (χ0n) is 14.6. The number of nitrogens with zero attached hydrogens (tertiary/aromatic N) is 3. The van der Waals surface area contributed by atoms with Crippen LogP contribution in [-0.4, -0.2) is 68.1 Å². The molecule has 1 atom stereocenters. The van der Waals surface area contributed by atoms with Crippen molar-refractivity contribution in [3.05, 3.63) is 11.3 Å². The molecule has 2 aliphatic rings. The summed E-state index contributed by atoms with van der Waals surface area (Å²) in [5.41, 5.74) is 2.42. The summed E-state index contributed by atoms with van der Waals surface area (Å²) in [4.78, 5) is 11.9. The van der Waals surface area contributed by atoms with E-state index < -0.39 is 0 Å². The summed E-state index contributed by atoms with van der Waals surface area (Å²) in [6, 6.07) is 0. The number of rotatable bonds is 6. The van der Waals surface area contributed by atoms with Gasteiger partial charge >= 0.3 is 0 Å². The van der Waals surface area contributed by atoms with Crippen molar-refractivity contribution in [1.82, 2.24) is 15.3 Å². The third kappa shape index (κ3) is 4.15. The molecular weight excluding hydrogens is 306 g/mol. The van der Waals surface area contributed by atoms with Crippen molar-refractivity contribution in [1.29, 1.82) is 0 Å². The van der Waals surface area contributed by atoms with Crippen LogP contribution < -0.4 is 15.5 Å². The van der Waals surface area contributed by atoms with Crippen LogP contribution in [0.3, 0.4) is 0 Å². The lowest BCUT2D eigenvalue weighted by molar-refractivity contribution is 0.208. The second kappa shape index (κ2) is 8.60. The SMILES string of the molecule is COCCNc1nc2c(c(N3CCC[C@H](CO)C3)n1)CCNCC2. The average Bonchev–Trinajstić information content (AvgIpc) is 2.87. The van der Waals surface area contributed by atoms with Gasteiger partial charge in [-0.2, -0.15) is 4.98 Å². The zero-order valence-corrected chi connectivity index (χ0v) is 14.6. The smallest absolute Gasteiger partial charge is 0.224 e. The largest absolute Gasteiger partial charge is 0.396 e. The van der Waals surface area contributed by atoms with Crippen LogP contribution >= 0.6 is 0 Å². The van der Waals surface area contributed by atoms with Gasteiger partial charge in [-0.3, -0.25) is 0 Å². The van der Waals surface area contributed by atoms with E-state index in [1.54, 1.807) is 7.11 Å². The molecule has 0 spiro atoms. The molecule has 1 aromatic rings. The summed E-state index contributed by atoms with van der Waals surface area (Å²) in [7, 11) is 1.69. The Hall–Kier alpha value is -1.44. The molecule has 0 unspecified atom stereocenters. The normalized spacial score (nSPS) is 21.2. The minimum absolute atomic E-state index is 0.254. The number of nitrogens with one attached hydrogen (secondary N) is 2. The van der Waals surface area contributed by atoms with Gasteiger partial charge in [0.15, 0.2) is 0 Å². The Kier molecular flexibility index (Phi) is 6.23. The molecule has 1 saturated heterocycles. The molecule has 0 aliphatic carbocycles. The monoisotopic (exact) mass is 335 g/mol. The number of aliphatic hydroxyl groups excluding tert-OH is 1. The molecule has 0 saturated carbocycles. The van der Waals surface area contributed by atoms with E-state index in [2.05, 4.69) is 15.5 Å². The Morgan fingerprint density at radius 2 is 2.21 bits per heavy atom. The summed E-state index contributed by atoms with van der Waals surface area (Å²) in [5.74, 6) is 2.09. The summed E-state index contributed by atoms with van der Waals surface area (Å²) < 4.78 is 5.11. The standard InChI is InChI=1S/C17H29N5O2/c1-24-10-8-19-17-20-15-5-7-18-6-4-14(15)16(21-17)22-9-2-3-13(11-22)12-23/h13,18,23H,2-12H2,1H3,(H,19,20,21)/t13-/m0/s1. The van der Waals surface area contributed by atoms with E-state index in [0.717, 1.165) is 63.4 Å². The van der Waals surface area contributed by atoms with E-state index in [-0.39, 0.29) is 6.61 Å². The fourth-order valence-corrected chi connectivity index (χ4v) is 3.54. The maximum atomic E-state index is 9.54. The van der Waals surface area contributed by atoms with E-state index in [1.165, 1.54) is 5.56 Å². The van der Waals surface area contributed by atoms with Gasteiger partial charge in [-0.05, 0) is 31.7 Å². The van der Waals surface area contributed by atoms with Gasteiger partial charge in [0.2, 0.25) is 5.95 Å². The fraction of sp³-hybridized carbons (Fsp3) is 0.765. The van der Waals surface area contributed by atoms with Crippen LogP contribution in [0.25, 0.3) is 0 Å². The number of aliphatic hydroxyl groups is 1. The highest BCUT2D eigenvalue weighted by Crippen LogP contribution is 2.28. The molecule has 3 heterocycles. The lowest BCUT2D eigenvalue weighted by atomic mass is 9.98. The first-order valence-corrected chi connectivity index (χ1v) is 9.01. The molecular formula is C17H29N5O2. The van der Waals surface area contributed by atoms with Gasteiger partial charge in [-0.1, -0.05) is 0 Å². The summed E-state index contributed by atoms with van der Waals surface area (Å²) >= 11 is 0. The summed E-state index contributed by atoms with van der Waals surface area (Å²) in [6.07, 6.45) is 4.10. The van der Waals surface area contributed by atoms with Crippen LogP contribution in [0.5, 0.6) is 0 Å². The average molecular weight is 335 g/mol. The number of piperidine rings is 1. The number of hydrogen-bond acceptors (Lipinski definition) is 7. The van der Waals surface area contributed by atoms with Crippen LogP contribution in [0.15, 0.2) is 0 Å². The number of methoxy groups -OCH3 is 1. The van der Waals surface area contributed by atoms with Crippen molar-refractivity contribution in [3.8, 4) is 0 Å². The third-order valence-electron chi connectivity index (χ3n) is 4.83. The second-order valence-corrected chi connectivity index (χ2v) is 6.60. The maximum absolute atomic E-state index is 9.54. The molecule has 0 aromatic carbocycles. The predicted octanol–water partition coefficient (Wildman–Crippen LogP) is 0.432. The van der Waals surface area contributed by atoms with E-state index in [1.807, 2.05) is 0 Å². The third-order valence-corrected chi connectivity index (χ3v) is 4.83. The summed E-state index contributed by atoms with van der Waals surface area (Å²) in [6.45, 7) is 5.40. The highest BCUT2D eigenvalue weighted by molar-refractivity contribution is 5.54. The Labute approximate surface area is 143 Å². The topological polar surface area (TPSA) is 82.5 Å². The van der Waals surface area contributed by atoms with Gasteiger partial charge in [-0.25, -0.2) is 4.98 Å². The molecule has 3 rings (SSSR count). The molecule has 1 aromatic heterocycles. The minimum atomic E-state index is 0.254.